The summed E-state index contributed by atoms with van der Waals surface area (Å²) in [6, 6.07) is 12.6. The molecule has 0 aliphatic carbocycles. The van der Waals surface area contributed by atoms with Gasteiger partial charge in [0.15, 0.2) is 0 Å². The Hall–Kier alpha value is -1.91. The van der Waals surface area contributed by atoms with E-state index in [0.717, 1.165) is 25.3 Å². The normalized spacial score (nSPS) is 10.9. The topological polar surface area (TPSA) is 29.9 Å². The summed E-state index contributed by atoms with van der Waals surface area (Å²) in [5, 5.41) is 7.84. The second-order valence-electron chi connectivity index (χ2n) is 5.03. The average Bonchev–Trinajstić information content (AvgIpc) is 3.14. The number of nitrogens with zero attached hydrogens (tertiary/aromatic N) is 2. The highest BCUT2D eigenvalue weighted by molar-refractivity contribution is 7.07. The minimum absolute atomic E-state index is 0.833. The van der Waals surface area contributed by atoms with Gasteiger partial charge in [-0.2, -0.15) is 11.3 Å². The van der Waals surface area contributed by atoms with E-state index in [9.17, 15) is 0 Å². The van der Waals surface area contributed by atoms with Gasteiger partial charge >= 0.3 is 0 Å². The Balaban J connectivity index is 1.64. The van der Waals surface area contributed by atoms with Crippen molar-refractivity contribution in [3.05, 3.63) is 70.4 Å². The smallest absolute Gasteiger partial charge is 0.110 e. The largest absolute Gasteiger partial charge is 0.311 e. The van der Waals surface area contributed by atoms with Gasteiger partial charge in [0.1, 0.15) is 5.82 Å². The molecule has 3 aromatic rings. The molecule has 1 N–H and O–H groups in total. The Morgan fingerprint density at radius 2 is 2.05 bits per heavy atom. The third-order valence-electron chi connectivity index (χ3n) is 3.50. The molecule has 2 aromatic heterocycles. The molecule has 4 heteroatoms. The predicted octanol–water partition coefficient (Wildman–Crippen LogP) is 3.57. The van der Waals surface area contributed by atoms with Crippen molar-refractivity contribution < 1.29 is 0 Å². The van der Waals surface area contributed by atoms with Gasteiger partial charge in [0.2, 0.25) is 0 Å². The van der Waals surface area contributed by atoms with Crippen molar-refractivity contribution >= 4 is 11.3 Å². The van der Waals surface area contributed by atoms with Gasteiger partial charge in [-0.1, -0.05) is 18.2 Å². The van der Waals surface area contributed by atoms with Gasteiger partial charge in [-0.3, -0.25) is 4.57 Å². The number of hydrogen-bond donors (Lipinski definition) is 1. The van der Waals surface area contributed by atoms with Crippen LogP contribution in [0.5, 0.6) is 0 Å². The van der Waals surface area contributed by atoms with Crippen molar-refractivity contribution in [3.8, 4) is 5.69 Å². The molecule has 3 rings (SSSR count). The number of aromatic nitrogens is 2. The van der Waals surface area contributed by atoms with Crippen molar-refractivity contribution in [3.63, 3.8) is 0 Å². The van der Waals surface area contributed by atoms with Crippen LogP contribution in [-0.4, -0.2) is 16.1 Å². The van der Waals surface area contributed by atoms with Crippen LogP contribution < -0.4 is 5.32 Å². The van der Waals surface area contributed by atoms with Crippen LogP contribution in [-0.2, 0) is 13.0 Å². The molecule has 0 saturated carbocycles. The number of imidazole rings is 1. The number of nitrogens with one attached hydrogen (secondary N) is 1. The Kier molecular flexibility index (Phi) is 4.48. The van der Waals surface area contributed by atoms with E-state index in [-0.39, 0.29) is 0 Å². The molecule has 0 saturated heterocycles. The van der Waals surface area contributed by atoms with Crippen molar-refractivity contribution in [1.82, 2.24) is 14.9 Å². The third-order valence-corrected chi connectivity index (χ3v) is 4.23. The summed E-state index contributed by atoms with van der Waals surface area (Å²) in [6.07, 6.45) is 3.03. The lowest BCUT2D eigenvalue weighted by Gasteiger charge is -2.11. The van der Waals surface area contributed by atoms with E-state index < -0.39 is 0 Å². The van der Waals surface area contributed by atoms with Gasteiger partial charge in [0.05, 0.1) is 11.9 Å². The summed E-state index contributed by atoms with van der Waals surface area (Å²) in [4.78, 5) is 4.45. The van der Waals surface area contributed by atoms with Gasteiger partial charge in [0, 0.05) is 12.2 Å². The SMILES string of the molecule is Cc1ncc(CNCCc2ccsc2)n1-c1ccccc1. The van der Waals surface area contributed by atoms with Crippen molar-refractivity contribution in [2.45, 2.75) is 19.9 Å². The number of benzene rings is 1. The molecular formula is C17H19N3S. The van der Waals surface area contributed by atoms with Gasteiger partial charge < -0.3 is 5.32 Å². The summed E-state index contributed by atoms with van der Waals surface area (Å²) in [7, 11) is 0. The molecule has 21 heavy (non-hydrogen) atoms. The van der Waals surface area contributed by atoms with Crippen molar-refractivity contribution in [1.29, 1.82) is 0 Å². The highest BCUT2D eigenvalue weighted by Crippen LogP contribution is 2.14. The number of rotatable bonds is 6. The monoisotopic (exact) mass is 297 g/mol. The highest BCUT2D eigenvalue weighted by atomic mass is 32.1. The number of para-hydroxylation sites is 1. The molecule has 0 radical (unpaired) electrons. The second kappa shape index (κ2) is 6.70. The minimum Gasteiger partial charge on any atom is -0.311 e. The van der Waals surface area contributed by atoms with E-state index in [1.54, 1.807) is 11.3 Å². The number of hydrogen-bond acceptors (Lipinski definition) is 3. The molecule has 1 aromatic carbocycles. The van der Waals surface area contributed by atoms with E-state index >= 15 is 0 Å². The summed E-state index contributed by atoms with van der Waals surface area (Å²) in [6.45, 7) is 3.86. The molecular weight excluding hydrogens is 278 g/mol. The lowest BCUT2D eigenvalue weighted by atomic mass is 10.2. The van der Waals surface area contributed by atoms with E-state index in [4.69, 9.17) is 0 Å². The average molecular weight is 297 g/mol. The van der Waals surface area contributed by atoms with Crippen LogP contribution in [0, 0.1) is 6.92 Å². The summed E-state index contributed by atoms with van der Waals surface area (Å²) < 4.78 is 2.21. The zero-order chi connectivity index (χ0) is 14.5. The fourth-order valence-electron chi connectivity index (χ4n) is 2.43. The van der Waals surface area contributed by atoms with E-state index in [0.29, 0.717) is 0 Å². The Morgan fingerprint density at radius 3 is 2.81 bits per heavy atom. The summed E-state index contributed by atoms with van der Waals surface area (Å²) in [5.74, 6) is 1.02. The Morgan fingerprint density at radius 1 is 1.19 bits per heavy atom. The maximum Gasteiger partial charge on any atom is 0.110 e. The van der Waals surface area contributed by atoms with Crippen LogP contribution in [0.15, 0.2) is 53.4 Å². The predicted molar refractivity (Wildman–Crippen MR) is 88.0 cm³/mol. The molecule has 0 aliphatic rings. The van der Waals surface area contributed by atoms with Gasteiger partial charge in [-0.25, -0.2) is 4.98 Å². The van der Waals surface area contributed by atoms with Crippen molar-refractivity contribution in [2.75, 3.05) is 6.54 Å². The first-order chi connectivity index (χ1) is 10.3. The second-order valence-corrected chi connectivity index (χ2v) is 5.81. The number of aryl methyl sites for hydroxylation is 1. The van der Waals surface area contributed by atoms with E-state index in [2.05, 4.69) is 56.0 Å². The summed E-state index contributed by atoms with van der Waals surface area (Å²) in [5.41, 5.74) is 3.77. The molecule has 2 heterocycles. The van der Waals surface area contributed by atoms with Crippen LogP contribution in [0.25, 0.3) is 5.69 Å². The summed E-state index contributed by atoms with van der Waals surface area (Å²) >= 11 is 1.76. The van der Waals surface area contributed by atoms with Crippen LogP contribution in [0.4, 0.5) is 0 Å². The van der Waals surface area contributed by atoms with Crippen LogP contribution in [0.3, 0.4) is 0 Å². The van der Waals surface area contributed by atoms with Crippen LogP contribution >= 0.6 is 11.3 Å². The molecule has 0 spiro atoms. The first-order valence-corrected chi connectivity index (χ1v) is 8.09. The van der Waals surface area contributed by atoms with E-state index in [1.165, 1.54) is 16.9 Å². The first-order valence-electron chi connectivity index (χ1n) is 7.15. The minimum atomic E-state index is 0.833. The van der Waals surface area contributed by atoms with Crippen LogP contribution in [0.2, 0.25) is 0 Å². The molecule has 3 nitrogen and oxygen atoms in total. The molecule has 108 valence electrons. The first kappa shape index (κ1) is 14.0. The maximum absolute atomic E-state index is 4.45. The zero-order valence-electron chi connectivity index (χ0n) is 12.1. The standard InChI is InChI=1S/C17H19N3S/c1-14-19-12-17(20(14)16-5-3-2-4-6-16)11-18-9-7-15-8-10-21-13-15/h2-6,8,10,12-13,18H,7,9,11H2,1H3. The van der Waals surface area contributed by atoms with Crippen LogP contribution in [0.1, 0.15) is 17.1 Å². The maximum atomic E-state index is 4.45. The fraction of sp³-hybridized carbons (Fsp3) is 0.235. The molecule has 0 aliphatic heterocycles. The number of thiophene rings is 1. The lowest BCUT2D eigenvalue weighted by molar-refractivity contribution is 0.664. The van der Waals surface area contributed by atoms with Crippen molar-refractivity contribution in [2.24, 2.45) is 0 Å². The molecule has 0 unspecified atom stereocenters. The van der Waals surface area contributed by atoms with E-state index in [1.807, 2.05) is 19.2 Å². The van der Waals surface area contributed by atoms with Gasteiger partial charge in [0.25, 0.3) is 0 Å². The molecule has 0 fully saturated rings. The Labute approximate surface area is 129 Å². The third kappa shape index (κ3) is 3.40. The highest BCUT2D eigenvalue weighted by Gasteiger charge is 2.07. The lowest BCUT2D eigenvalue weighted by Crippen LogP contribution is -2.18. The van der Waals surface area contributed by atoms with Gasteiger partial charge in [-0.15, -0.1) is 0 Å². The fourth-order valence-corrected chi connectivity index (χ4v) is 3.13. The Bertz CT molecular complexity index is 671. The zero-order valence-corrected chi connectivity index (χ0v) is 12.9. The molecule has 0 amide bonds. The van der Waals surface area contributed by atoms with Gasteiger partial charge in [-0.05, 0) is 54.4 Å². The molecule has 0 bridgehead atoms. The quantitative estimate of drug-likeness (QED) is 0.705. The molecule has 0 atom stereocenters.